The molecule has 29 atom stereocenters. The predicted molar refractivity (Wildman–Crippen MR) is 390 cm³/mol. The first-order valence-corrected chi connectivity index (χ1v) is 42.9. The predicted octanol–water partition coefficient (Wildman–Crippen LogP) is -0.181. The van der Waals surface area contributed by atoms with E-state index in [0.29, 0.717) is 12.8 Å². The second-order valence-corrected chi connectivity index (χ2v) is 33.1. The van der Waals surface area contributed by atoms with Crippen molar-refractivity contribution in [2.45, 2.75) is 353 Å². The molecule has 5 fully saturated rings. The minimum Gasteiger partial charge on any atom is -0.394 e. The molecule has 5 heterocycles. The van der Waals surface area contributed by atoms with Crippen molar-refractivity contribution < 1.29 is 156 Å². The van der Waals surface area contributed by atoms with Gasteiger partial charge in [0.05, 0.1) is 64.1 Å². The molecule has 0 aromatic heterocycles. The first kappa shape index (κ1) is 97.5. The molecule has 0 bridgehead atoms. The van der Waals surface area contributed by atoms with E-state index in [1.54, 1.807) is 0 Å². The summed E-state index contributed by atoms with van der Waals surface area (Å²) in [6.45, 7) is -0.955. The number of carbonyl (C=O) groups excluding carboxylic acids is 2. The van der Waals surface area contributed by atoms with Gasteiger partial charge in [0, 0.05) is 33.5 Å². The summed E-state index contributed by atoms with van der Waals surface area (Å²) in [4.78, 5) is 48.2. The zero-order valence-electron chi connectivity index (χ0n) is 63.9. The normalized spacial score (nSPS) is 34.9. The van der Waals surface area contributed by atoms with Crippen molar-refractivity contribution in [1.82, 2.24) is 10.6 Å². The number of aliphatic hydroxyl groups excluding tert-OH is 13. The summed E-state index contributed by atoms with van der Waals surface area (Å²) in [6, 6.07) is -3.04. The van der Waals surface area contributed by atoms with Gasteiger partial charge >= 0.3 is 15.2 Å². The van der Waals surface area contributed by atoms with Crippen LogP contribution in [-0.4, -0.2) is 326 Å². The van der Waals surface area contributed by atoms with Crippen molar-refractivity contribution in [3.05, 3.63) is 12.2 Å². The molecule has 38 heteroatoms. The lowest BCUT2D eigenvalue weighted by molar-refractivity contribution is -0.404. The molecule has 5 saturated heterocycles. The highest BCUT2D eigenvalue weighted by Crippen LogP contribution is 2.45. The van der Waals surface area contributed by atoms with Crippen molar-refractivity contribution in [2.24, 2.45) is 11.5 Å². The van der Waals surface area contributed by atoms with Crippen molar-refractivity contribution in [3.63, 3.8) is 0 Å². The van der Waals surface area contributed by atoms with Gasteiger partial charge in [0.2, 0.25) is 11.8 Å². The van der Waals surface area contributed by atoms with Gasteiger partial charge in [-0.1, -0.05) is 167 Å². The van der Waals surface area contributed by atoms with Gasteiger partial charge in [-0.25, -0.2) is 0 Å². The Labute approximate surface area is 640 Å². The summed E-state index contributed by atoms with van der Waals surface area (Å²) in [5.74, 6) is -1.30. The van der Waals surface area contributed by atoms with E-state index in [1.165, 1.54) is 96.0 Å². The Morgan fingerprint density at radius 1 is 0.468 bits per heavy atom. The van der Waals surface area contributed by atoms with E-state index in [1.807, 2.05) is 6.08 Å². The van der Waals surface area contributed by atoms with Crippen LogP contribution in [0.1, 0.15) is 188 Å². The Bertz CT molecular complexity index is 2610. The van der Waals surface area contributed by atoms with Crippen LogP contribution in [0, 0.1) is 0 Å². The molecule has 5 rings (SSSR count). The SMILES string of the molecule is CCCCCCCCCCCC/C=C/[C@H](O)[C@@H](CO[C@@H]1O[C@H](CO)[C@@H](O[C@@H]2O[C@H](COP(=O)(O)CCN)[C@H](O)C(O[C@H]3O[C@H](CO)[C@H](O)[C@H](O[C@@H]4O[C@H](CO)[C@H](O)[C@H](OC)[C@H]4O)[C@H]3NC(C)=O)[C@H]2O[C@H]2O[C@H](COP(=O)(O)CCN)[C@H](O)[C@H](O)[C@H]2O)[C@H](O)[C@H]1O)NC(=O)CCCCCCCCCCCCCCCC. The quantitative estimate of drug-likeness (QED) is 0.0213. The van der Waals surface area contributed by atoms with Crippen LogP contribution < -0.4 is 22.1 Å². The van der Waals surface area contributed by atoms with Crippen LogP contribution >= 0.6 is 15.2 Å². The fraction of sp³-hybridized carbons (Fsp3) is 0.944. The summed E-state index contributed by atoms with van der Waals surface area (Å²) in [5.41, 5.74) is 11.1. The summed E-state index contributed by atoms with van der Waals surface area (Å²) < 4.78 is 103. The number of nitrogens with one attached hydrogen (secondary N) is 2. The van der Waals surface area contributed by atoms with Crippen molar-refractivity contribution in [1.29, 1.82) is 0 Å². The van der Waals surface area contributed by atoms with Gasteiger partial charge in [0.1, 0.15) is 122 Å². The molecule has 2 amide bonds. The Kier molecular flexibility index (Phi) is 46.4. The average Bonchev–Trinajstić information content (AvgIpc) is 0.763. The number of hydrogen-bond acceptors (Lipinski definition) is 32. The molecular formula is C71H134N4O32P2. The molecule has 0 saturated carbocycles. The van der Waals surface area contributed by atoms with Crippen LogP contribution in [-0.2, 0) is 79.9 Å². The van der Waals surface area contributed by atoms with Crippen LogP contribution in [0.4, 0.5) is 0 Å². The first-order chi connectivity index (χ1) is 52.1. The van der Waals surface area contributed by atoms with Crippen molar-refractivity contribution in [2.75, 3.05) is 72.2 Å². The Balaban J connectivity index is 1.48. The molecule has 0 radical (unpaired) electrons. The highest BCUT2D eigenvalue weighted by molar-refractivity contribution is 7.53. The topological polar surface area (TPSA) is 568 Å². The van der Waals surface area contributed by atoms with Gasteiger partial charge in [-0.05, 0) is 19.3 Å². The molecule has 0 aromatic carbocycles. The van der Waals surface area contributed by atoms with Gasteiger partial charge in [-0.3, -0.25) is 18.7 Å². The Morgan fingerprint density at radius 3 is 1.39 bits per heavy atom. The lowest BCUT2D eigenvalue weighted by atomic mass is 9.94. The number of allylic oxidation sites excluding steroid dienone is 1. The molecule has 36 nitrogen and oxygen atoms in total. The first-order valence-electron chi connectivity index (χ1n) is 39.4. The lowest BCUT2D eigenvalue weighted by Crippen LogP contribution is -2.71. The molecule has 640 valence electrons. The van der Waals surface area contributed by atoms with E-state index in [9.17, 15) is 94.9 Å². The van der Waals surface area contributed by atoms with Crippen LogP contribution in [0.15, 0.2) is 12.2 Å². The zero-order chi connectivity index (χ0) is 80.2. The summed E-state index contributed by atoms with van der Waals surface area (Å²) in [6.07, 6.45) is -20.2. The molecule has 5 aliphatic heterocycles. The number of methoxy groups -OCH3 is 1. The number of aliphatic hydroxyl groups is 13. The third-order valence-corrected chi connectivity index (χ3v) is 23.1. The second kappa shape index (κ2) is 51.9. The van der Waals surface area contributed by atoms with Gasteiger partial charge < -0.3 is 159 Å². The van der Waals surface area contributed by atoms with Crippen LogP contribution in [0.25, 0.3) is 0 Å². The van der Waals surface area contributed by atoms with E-state index in [2.05, 4.69) is 24.5 Å². The smallest absolute Gasteiger partial charge is 0.329 e. The van der Waals surface area contributed by atoms with Gasteiger partial charge in [0.25, 0.3) is 0 Å². The highest BCUT2D eigenvalue weighted by atomic mass is 31.2. The maximum atomic E-state index is 13.7. The zero-order valence-corrected chi connectivity index (χ0v) is 65.7. The second-order valence-electron chi connectivity index (χ2n) is 29.1. The number of rotatable bonds is 55. The van der Waals surface area contributed by atoms with Crippen LogP contribution in [0.3, 0.4) is 0 Å². The number of nitrogens with two attached hydrogens (primary N) is 2. The van der Waals surface area contributed by atoms with E-state index in [-0.39, 0.29) is 13.0 Å². The van der Waals surface area contributed by atoms with Crippen molar-refractivity contribution >= 4 is 27.0 Å². The molecule has 3 unspecified atom stereocenters. The van der Waals surface area contributed by atoms with Gasteiger partial charge in [-0.15, -0.1) is 0 Å². The fourth-order valence-electron chi connectivity index (χ4n) is 13.9. The van der Waals surface area contributed by atoms with E-state index >= 15 is 0 Å². The van der Waals surface area contributed by atoms with Crippen LogP contribution in [0.5, 0.6) is 0 Å². The van der Waals surface area contributed by atoms with E-state index in [4.69, 9.17) is 72.6 Å². The number of amides is 2. The largest absolute Gasteiger partial charge is 0.394 e. The standard InChI is InChI=1S/C71H134N4O32P2/c1-5-7-9-11-13-15-17-19-20-22-24-26-28-30-32-51(81)75-44(45(80)31-29-27-25-23-21-18-16-14-12-10-8-6-2)40-96-68-60(89)58(87)62(48(39-78)101-68)104-71-66(107-69-59(88)57(86)53(82)49(102-69)41-97-108(91,92)35-33-72)65(56(85)50(103-71)42-98-109(93,94)36-34-73)106-67-52(74-43(3)79)63(54(83)46(37-76)99-67)105-70-61(90)64(95-4)55(84)47(38-77)100-70/h29,31,44-50,52-71,76-78,80,82-90H,5-28,30,32-42,72-73H2,1-4H3,(H,74,79)(H,75,81)(H,91,92)(H,93,94)/b31-29+/t44-,45+,46-,47-,48-,49-,50-,52-,53+,54+,55+,56+,57+,58-,59-,60-,61-,62-,63-,64+,65?,66-,67-,68-,69-,70+,71+/m1/s1. The van der Waals surface area contributed by atoms with E-state index in [0.717, 1.165) is 71.8 Å². The molecular weight excluding hydrogens is 1480 g/mol. The molecule has 0 aromatic rings. The van der Waals surface area contributed by atoms with Gasteiger partial charge in [-0.2, -0.15) is 0 Å². The number of hydrogen-bond donors (Lipinski definition) is 19. The van der Waals surface area contributed by atoms with E-state index < -0.39 is 251 Å². The third kappa shape index (κ3) is 32.1. The third-order valence-electron chi connectivity index (χ3n) is 20.3. The molecule has 0 spiro atoms. The maximum absolute atomic E-state index is 13.7. The highest BCUT2D eigenvalue weighted by Gasteiger charge is 2.59. The summed E-state index contributed by atoms with van der Waals surface area (Å²) >= 11 is 0. The Hall–Kier alpha value is -2.06. The molecule has 21 N–H and O–H groups in total. The fourth-order valence-corrected chi connectivity index (χ4v) is 15.6. The summed E-state index contributed by atoms with van der Waals surface area (Å²) in [5, 5.41) is 154. The summed E-state index contributed by atoms with van der Waals surface area (Å²) in [7, 11) is -8.07. The molecule has 5 aliphatic rings. The monoisotopic (exact) mass is 1620 g/mol. The van der Waals surface area contributed by atoms with Crippen LogP contribution in [0.2, 0.25) is 0 Å². The van der Waals surface area contributed by atoms with Gasteiger partial charge in [0.15, 0.2) is 31.5 Å². The number of ether oxygens (including phenoxy) is 11. The number of carbonyl (C=O) groups is 2. The number of unbranched alkanes of at least 4 members (excludes halogenated alkanes) is 23. The minimum atomic E-state index is -4.68. The maximum Gasteiger partial charge on any atom is 0.329 e. The molecule has 0 aliphatic carbocycles. The average molecular weight is 1620 g/mol. The minimum absolute atomic E-state index is 0.124. The molecule has 109 heavy (non-hydrogen) atoms. The Morgan fingerprint density at radius 2 is 0.881 bits per heavy atom. The van der Waals surface area contributed by atoms with Crippen molar-refractivity contribution in [3.8, 4) is 0 Å². The lowest BCUT2D eigenvalue weighted by Gasteiger charge is -2.52.